The van der Waals surface area contributed by atoms with Crippen molar-refractivity contribution in [2.75, 3.05) is 5.32 Å². The molecule has 2 aromatic carbocycles. The van der Waals surface area contributed by atoms with Crippen LogP contribution >= 0.6 is 11.6 Å². The molecule has 0 radical (unpaired) electrons. The van der Waals surface area contributed by atoms with Crippen LogP contribution in [0.25, 0.3) is 0 Å². The van der Waals surface area contributed by atoms with Crippen molar-refractivity contribution < 1.29 is 24.0 Å². The minimum absolute atomic E-state index is 0.0336. The summed E-state index contributed by atoms with van der Waals surface area (Å²) in [7, 11) is 0. The Hall–Kier alpha value is -3.46. The summed E-state index contributed by atoms with van der Waals surface area (Å²) in [6, 6.07) is 11.1. The molecule has 150 valence electrons. The molecule has 9 nitrogen and oxygen atoms in total. The topological polar surface area (TPSA) is 128 Å². The lowest BCUT2D eigenvalue weighted by molar-refractivity contribution is -0.384. The van der Waals surface area contributed by atoms with Crippen molar-refractivity contribution in [1.29, 1.82) is 0 Å². The summed E-state index contributed by atoms with van der Waals surface area (Å²) in [5.74, 6) is -1.68. The standard InChI is InChI=1S/C19H16ClN3O6/c20-13-10-12(23(27)28)6-7-14(13)22-18(25)17(11-4-2-1-3-5-11)29-19(26)15-8-9-16(24)21-15/h1-7,10,15,17H,8-9H2,(H,21,24)(H,22,25). The van der Waals surface area contributed by atoms with Gasteiger partial charge in [0.05, 0.1) is 15.6 Å². The van der Waals surface area contributed by atoms with Crippen molar-refractivity contribution in [2.45, 2.75) is 25.0 Å². The fourth-order valence-corrected chi connectivity index (χ4v) is 3.03. The highest BCUT2D eigenvalue weighted by atomic mass is 35.5. The van der Waals surface area contributed by atoms with E-state index < -0.39 is 28.9 Å². The lowest BCUT2D eigenvalue weighted by Crippen LogP contribution is -2.37. The van der Waals surface area contributed by atoms with E-state index in [4.69, 9.17) is 16.3 Å². The molecule has 3 rings (SSSR count). The molecule has 1 fully saturated rings. The Morgan fingerprint density at radius 2 is 1.97 bits per heavy atom. The number of benzene rings is 2. The highest BCUT2D eigenvalue weighted by Gasteiger charge is 2.33. The van der Waals surface area contributed by atoms with E-state index in [-0.39, 0.29) is 35.1 Å². The first-order chi connectivity index (χ1) is 13.8. The molecule has 2 amide bonds. The van der Waals surface area contributed by atoms with Crippen molar-refractivity contribution in [3.05, 3.63) is 69.2 Å². The number of carbonyl (C=O) groups is 3. The van der Waals surface area contributed by atoms with Crippen LogP contribution in [0, 0.1) is 10.1 Å². The maximum atomic E-state index is 12.8. The minimum Gasteiger partial charge on any atom is -0.446 e. The van der Waals surface area contributed by atoms with Crippen LogP contribution in [-0.4, -0.2) is 28.7 Å². The molecule has 1 aliphatic heterocycles. The number of hydrogen-bond acceptors (Lipinski definition) is 6. The van der Waals surface area contributed by atoms with Crippen molar-refractivity contribution >= 4 is 40.8 Å². The third kappa shape index (κ3) is 4.88. The van der Waals surface area contributed by atoms with Crippen molar-refractivity contribution in [3.63, 3.8) is 0 Å². The van der Waals surface area contributed by atoms with E-state index in [0.717, 1.165) is 6.07 Å². The summed E-state index contributed by atoms with van der Waals surface area (Å²) in [5, 5.41) is 15.8. The Morgan fingerprint density at radius 3 is 2.55 bits per heavy atom. The largest absolute Gasteiger partial charge is 0.446 e. The summed E-state index contributed by atoms with van der Waals surface area (Å²) in [6.45, 7) is 0. The number of hydrogen-bond donors (Lipinski definition) is 2. The number of nitro groups is 1. The predicted octanol–water partition coefficient (Wildman–Crippen LogP) is 2.75. The highest BCUT2D eigenvalue weighted by molar-refractivity contribution is 6.34. The summed E-state index contributed by atoms with van der Waals surface area (Å²) >= 11 is 6.02. The van der Waals surface area contributed by atoms with Crippen molar-refractivity contribution in [3.8, 4) is 0 Å². The Balaban J connectivity index is 1.80. The molecule has 2 unspecified atom stereocenters. The van der Waals surface area contributed by atoms with Crippen molar-refractivity contribution in [2.24, 2.45) is 0 Å². The van der Waals surface area contributed by atoms with Gasteiger partial charge in [-0.3, -0.25) is 19.7 Å². The van der Waals surface area contributed by atoms with Crippen LogP contribution in [0.3, 0.4) is 0 Å². The third-order valence-electron chi connectivity index (χ3n) is 4.28. The second-order valence-corrected chi connectivity index (χ2v) is 6.70. The number of esters is 1. The first kappa shape index (κ1) is 20.3. The average molecular weight is 418 g/mol. The Morgan fingerprint density at radius 1 is 1.24 bits per heavy atom. The number of nitro benzene ring substituents is 1. The van der Waals surface area contributed by atoms with Crippen LogP contribution in [0.15, 0.2) is 48.5 Å². The molecule has 1 heterocycles. The second-order valence-electron chi connectivity index (χ2n) is 6.30. The number of nitrogens with one attached hydrogen (secondary N) is 2. The molecule has 0 spiro atoms. The Bertz CT molecular complexity index is 966. The quantitative estimate of drug-likeness (QED) is 0.422. The maximum Gasteiger partial charge on any atom is 0.329 e. The zero-order chi connectivity index (χ0) is 21.0. The molecule has 10 heteroatoms. The van der Waals surface area contributed by atoms with Gasteiger partial charge >= 0.3 is 5.97 Å². The SMILES string of the molecule is O=C1CCC(C(=O)OC(C(=O)Nc2ccc([N+](=O)[O-])cc2Cl)c2ccccc2)N1. The smallest absolute Gasteiger partial charge is 0.329 e. The molecular formula is C19H16ClN3O6. The van der Waals surface area contributed by atoms with Gasteiger partial charge in [0, 0.05) is 24.1 Å². The fourth-order valence-electron chi connectivity index (χ4n) is 2.81. The van der Waals surface area contributed by atoms with Gasteiger partial charge in [0.1, 0.15) is 6.04 Å². The van der Waals surface area contributed by atoms with E-state index in [9.17, 15) is 24.5 Å². The molecule has 0 saturated carbocycles. The van der Waals surface area contributed by atoms with E-state index in [1.807, 2.05) is 0 Å². The van der Waals surface area contributed by atoms with Crippen LogP contribution < -0.4 is 10.6 Å². The lowest BCUT2D eigenvalue weighted by Gasteiger charge is -2.20. The average Bonchev–Trinajstić information content (AvgIpc) is 3.14. The number of non-ortho nitro benzene ring substituents is 1. The summed E-state index contributed by atoms with van der Waals surface area (Å²) < 4.78 is 5.39. The molecule has 2 N–H and O–H groups in total. The molecule has 0 aromatic heterocycles. The van der Waals surface area contributed by atoms with Gasteiger partial charge in [0.25, 0.3) is 11.6 Å². The molecule has 29 heavy (non-hydrogen) atoms. The van der Waals surface area contributed by atoms with Crippen LogP contribution in [0.5, 0.6) is 0 Å². The number of halogens is 1. The highest BCUT2D eigenvalue weighted by Crippen LogP contribution is 2.29. The predicted molar refractivity (Wildman–Crippen MR) is 103 cm³/mol. The van der Waals surface area contributed by atoms with Crippen molar-refractivity contribution in [1.82, 2.24) is 5.32 Å². The van der Waals surface area contributed by atoms with Crippen LogP contribution in [-0.2, 0) is 19.1 Å². The molecule has 0 bridgehead atoms. The lowest BCUT2D eigenvalue weighted by atomic mass is 10.1. The van der Waals surface area contributed by atoms with E-state index in [0.29, 0.717) is 5.56 Å². The van der Waals surface area contributed by atoms with Gasteiger partial charge in [0.2, 0.25) is 12.0 Å². The first-order valence-electron chi connectivity index (χ1n) is 8.65. The number of rotatable bonds is 6. The van der Waals surface area contributed by atoms with E-state index in [2.05, 4.69) is 10.6 Å². The third-order valence-corrected chi connectivity index (χ3v) is 4.59. The van der Waals surface area contributed by atoms with Gasteiger partial charge in [-0.1, -0.05) is 41.9 Å². The van der Waals surface area contributed by atoms with Gasteiger partial charge in [-0.2, -0.15) is 0 Å². The summed E-state index contributed by atoms with van der Waals surface area (Å²) in [4.78, 5) is 46.8. The van der Waals surface area contributed by atoms with Gasteiger partial charge in [0.15, 0.2) is 0 Å². The van der Waals surface area contributed by atoms with Crippen LogP contribution in [0.2, 0.25) is 5.02 Å². The van der Waals surface area contributed by atoms with Gasteiger partial charge in [-0.15, -0.1) is 0 Å². The van der Waals surface area contributed by atoms with E-state index >= 15 is 0 Å². The molecule has 1 saturated heterocycles. The maximum absolute atomic E-state index is 12.8. The number of anilines is 1. The van der Waals surface area contributed by atoms with Crippen LogP contribution in [0.1, 0.15) is 24.5 Å². The molecule has 1 aliphatic rings. The normalized spacial score (nSPS) is 16.6. The Kier molecular flexibility index (Phi) is 6.08. The monoisotopic (exact) mass is 417 g/mol. The zero-order valence-corrected chi connectivity index (χ0v) is 15.7. The van der Waals surface area contributed by atoms with E-state index in [1.165, 1.54) is 12.1 Å². The van der Waals surface area contributed by atoms with Gasteiger partial charge in [-0.25, -0.2) is 4.79 Å². The molecule has 2 aromatic rings. The van der Waals surface area contributed by atoms with Crippen LogP contribution in [0.4, 0.5) is 11.4 Å². The number of carbonyl (C=O) groups excluding carboxylic acids is 3. The number of nitrogens with zero attached hydrogens (tertiary/aromatic N) is 1. The fraction of sp³-hybridized carbons (Fsp3) is 0.211. The summed E-state index contributed by atoms with van der Waals surface area (Å²) in [6.07, 6.45) is -0.803. The van der Waals surface area contributed by atoms with E-state index in [1.54, 1.807) is 30.3 Å². The molecule has 2 atom stereocenters. The number of amides is 2. The molecule has 0 aliphatic carbocycles. The summed E-state index contributed by atoms with van der Waals surface area (Å²) in [5.41, 5.74) is 0.324. The zero-order valence-electron chi connectivity index (χ0n) is 15.0. The molecular weight excluding hydrogens is 402 g/mol. The second kappa shape index (κ2) is 8.70. The van der Waals surface area contributed by atoms with Gasteiger partial charge in [-0.05, 0) is 12.5 Å². The number of ether oxygens (including phenoxy) is 1. The Labute approximate surface area is 170 Å². The van der Waals surface area contributed by atoms with Gasteiger partial charge < -0.3 is 15.4 Å². The first-order valence-corrected chi connectivity index (χ1v) is 9.02. The minimum atomic E-state index is -1.30.